The summed E-state index contributed by atoms with van der Waals surface area (Å²) in [6.45, 7) is 0. The molecule has 0 fully saturated rings. The van der Waals surface area contributed by atoms with Gasteiger partial charge in [-0.1, -0.05) is 11.6 Å². The van der Waals surface area contributed by atoms with E-state index in [2.05, 4.69) is 15.0 Å². The second kappa shape index (κ2) is 3.67. The second-order valence-corrected chi connectivity index (χ2v) is 2.95. The maximum Gasteiger partial charge on any atom is 0.179 e. The summed E-state index contributed by atoms with van der Waals surface area (Å²) in [5, 5.41) is 0.334. The van der Waals surface area contributed by atoms with Crippen molar-refractivity contribution in [2.45, 2.75) is 0 Å². The van der Waals surface area contributed by atoms with Gasteiger partial charge in [-0.3, -0.25) is 0 Å². The van der Waals surface area contributed by atoms with Gasteiger partial charge in [0.15, 0.2) is 5.82 Å². The topological polar surface area (TPSA) is 38.7 Å². The van der Waals surface area contributed by atoms with Crippen LogP contribution in [0.2, 0.25) is 5.15 Å². The minimum absolute atomic E-state index is 0.334. The van der Waals surface area contributed by atoms with E-state index in [4.69, 9.17) is 11.6 Å². The first-order valence-electron chi connectivity index (χ1n) is 3.86. The minimum Gasteiger partial charge on any atom is -0.250 e. The highest BCUT2D eigenvalue weighted by molar-refractivity contribution is 6.29. The number of nitrogens with zero attached hydrogens (tertiary/aromatic N) is 3. The molecule has 0 aliphatic heterocycles. The number of hydrogen-bond acceptors (Lipinski definition) is 3. The standard InChI is InChI=1S/C9H5ClFN3/c10-8-3-4-12-9(14-8)7-2-1-6(11)5-13-7/h1-5H. The molecule has 0 amide bonds. The molecule has 2 rings (SSSR count). The van der Waals surface area contributed by atoms with E-state index >= 15 is 0 Å². The van der Waals surface area contributed by atoms with E-state index in [0.717, 1.165) is 6.20 Å². The van der Waals surface area contributed by atoms with Crippen LogP contribution in [0.5, 0.6) is 0 Å². The predicted molar refractivity (Wildman–Crippen MR) is 50.2 cm³/mol. The largest absolute Gasteiger partial charge is 0.250 e. The highest BCUT2D eigenvalue weighted by Crippen LogP contribution is 2.13. The van der Waals surface area contributed by atoms with Crippen LogP contribution in [0.3, 0.4) is 0 Å². The van der Waals surface area contributed by atoms with Gasteiger partial charge in [0.2, 0.25) is 0 Å². The van der Waals surface area contributed by atoms with Gasteiger partial charge in [-0.25, -0.2) is 19.3 Å². The lowest BCUT2D eigenvalue weighted by atomic mass is 10.3. The summed E-state index contributed by atoms with van der Waals surface area (Å²) in [5.74, 6) is -0.00622. The fourth-order valence-corrected chi connectivity index (χ4v) is 1.10. The Kier molecular flexibility index (Phi) is 2.37. The molecule has 0 atom stereocenters. The lowest BCUT2D eigenvalue weighted by Gasteiger charge is -1.98. The van der Waals surface area contributed by atoms with Gasteiger partial charge in [0.25, 0.3) is 0 Å². The molecule has 0 radical (unpaired) electrons. The van der Waals surface area contributed by atoms with E-state index in [1.807, 2.05) is 0 Å². The number of rotatable bonds is 1. The van der Waals surface area contributed by atoms with Crippen molar-refractivity contribution in [3.63, 3.8) is 0 Å². The Morgan fingerprint density at radius 1 is 1.14 bits per heavy atom. The third-order valence-corrected chi connectivity index (χ3v) is 1.79. The molecule has 3 nitrogen and oxygen atoms in total. The third-order valence-electron chi connectivity index (χ3n) is 1.58. The molecule has 0 unspecified atom stereocenters. The molecule has 5 heteroatoms. The Morgan fingerprint density at radius 3 is 2.64 bits per heavy atom. The molecule has 2 aromatic heterocycles. The number of pyridine rings is 1. The van der Waals surface area contributed by atoms with Crippen LogP contribution in [-0.4, -0.2) is 15.0 Å². The minimum atomic E-state index is -0.393. The van der Waals surface area contributed by atoms with Crippen LogP contribution in [0.1, 0.15) is 0 Å². The van der Waals surface area contributed by atoms with Gasteiger partial charge in [0, 0.05) is 6.20 Å². The normalized spacial score (nSPS) is 10.1. The Morgan fingerprint density at radius 2 is 2.00 bits per heavy atom. The Hall–Kier alpha value is -1.55. The summed E-state index contributed by atoms with van der Waals surface area (Å²) >= 11 is 5.67. The molecule has 0 spiro atoms. The fourth-order valence-electron chi connectivity index (χ4n) is 0.968. The summed E-state index contributed by atoms with van der Waals surface area (Å²) in [6.07, 6.45) is 2.63. The molecule has 0 saturated carbocycles. The Bertz CT molecular complexity index is 444. The monoisotopic (exact) mass is 209 g/mol. The highest BCUT2D eigenvalue weighted by Gasteiger charge is 2.02. The number of halogens is 2. The van der Waals surface area contributed by atoms with E-state index in [-0.39, 0.29) is 0 Å². The molecule has 0 aliphatic rings. The van der Waals surface area contributed by atoms with Gasteiger partial charge in [0.05, 0.1) is 6.20 Å². The summed E-state index contributed by atoms with van der Waals surface area (Å²) in [5.41, 5.74) is 0.494. The van der Waals surface area contributed by atoms with Gasteiger partial charge in [-0.15, -0.1) is 0 Å². The van der Waals surface area contributed by atoms with Crippen molar-refractivity contribution in [1.29, 1.82) is 0 Å². The predicted octanol–water partition coefficient (Wildman–Crippen LogP) is 2.33. The molecule has 2 heterocycles. The van der Waals surface area contributed by atoms with Crippen LogP contribution in [0.25, 0.3) is 11.5 Å². The maximum absolute atomic E-state index is 12.6. The molecule has 70 valence electrons. The highest BCUT2D eigenvalue weighted by atomic mass is 35.5. The van der Waals surface area contributed by atoms with Crippen molar-refractivity contribution < 1.29 is 4.39 Å². The lowest BCUT2D eigenvalue weighted by molar-refractivity contribution is 0.621. The third kappa shape index (κ3) is 1.85. The van der Waals surface area contributed by atoms with Crippen molar-refractivity contribution in [3.8, 4) is 11.5 Å². The van der Waals surface area contributed by atoms with Gasteiger partial charge in [-0.05, 0) is 18.2 Å². The molecule has 14 heavy (non-hydrogen) atoms. The maximum atomic E-state index is 12.6. The molecule has 0 aliphatic carbocycles. The molecule has 2 aromatic rings. The van der Waals surface area contributed by atoms with Gasteiger partial charge >= 0.3 is 0 Å². The van der Waals surface area contributed by atoms with Gasteiger partial charge < -0.3 is 0 Å². The zero-order chi connectivity index (χ0) is 9.97. The Labute approximate surface area is 84.6 Å². The van der Waals surface area contributed by atoms with Crippen molar-refractivity contribution in [2.75, 3.05) is 0 Å². The molecular formula is C9H5ClFN3. The Balaban J connectivity index is 2.44. The van der Waals surface area contributed by atoms with Crippen LogP contribution in [0.4, 0.5) is 4.39 Å². The van der Waals surface area contributed by atoms with E-state index in [1.54, 1.807) is 6.07 Å². The van der Waals surface area contributed by atoms with Crippen LogP contribution in [0, 0.1) is 5.82 Å². The van der Waals surface area contributed by atoms with Gasteiger partial charge in [0.1, 0.15) is 16.7 Å². The molecular weight excluding hydrogens is 205 g/mol. The zero-order valence-corrected chi connectivity index (χ0v) is 7.74. The van der Waals surface area contributed by atoms with Crippen LogP contribution >= 0.6 is 11.6 Å². The first-order valence-corrected chi connectivity index (χ1v) is 4.24. The SMILES string of the molecule is Fc1ccc(-c2nccc(Cl)n2)nc1. The first-order chi connectivity index (χ1) is 6.75. The quantitative estimate of drug-likeness (QED) is 0.677. The molecule has 0 saturated heterocycles. The van der Waals surface area contributed by atoms with Crippen LogP contribution in [-0.2, 0) is 0 Å². The van der Waals surface area contributed by atoms with Crippen molar-refractivity contribution in [3.05, 3.63) is 41.6 Å². The van der Waals surface area contributed by atoms with Crippen LogP contribution < -0.4 is 0 Å². The van der Waals surface area contributed by atoms with E-state index in [1.165, 1.54) is 18.3 Å². The average Bonchev–Trinajstić information content (AvgIpc) is 2.19. The second-order valence-electron chi connectivity index (χ2n) is 2.56. The molecule has 0 N–H and O–H groups in total. The lowest BCUT2D eigenvalue weighted by Crippen LogP contribution is -1.91. The fraction of sp³-hybridized carbons (Fsp3) is 0. The summed E-state index contributed by atoms with van der Waals surface area (Å²) in [4.78, 5) is 11.7. The molecule has 0 aromatic carbocycles. The summed E-state index contributed by atoms with van der Waals surface area (Å²) < 4.78 is 12.6. The van der Waals surface area contributed by atoms with Gasteiger partial charge in [-0.2, -0.15) is 0 Å². The summed E-state index contributed by atoms with van der Waals surface area (Å²) in [7, 11) is 0. The van der Waals surface area contributed by atoms with E-state index < -0.39 is 5.82 Å². The van der Waals surface area contributed by atoms with E-state index in [9.17, 15) is 4.39 Å². The average molecular weight is 210 g/mol. The van der Waals surface area contributed by atoms with Crippen LogP contribution in [0.15, 0.2) is 30.6 Å². The summed E-state index contributed by atoms with van der Waals surface area (Å²) in [6, 6.07) is 4.36. The van der Waals surface area contributed by atoms with Crippen molar-refractivity contribution >= 4 is 11.6 Å². The van der Waals surface area contributed by atoms with Crippen molar-refractivity contribution in [2.24, 2.45) is 0 Å². The zero-order valence-electron chi connectivity index (χ0n) is 6.98. The van der Waals surface area contributed by atoms with Crippen molar-refractivity contribution in [1.82, 2.24) is 15.0 Å². The number of aromatic nitrogens is 3. The number of hydrogen-bond donors (Lipinski definition) is 0. The smallest absolute Gasteiger partial charge is 0.179 e. The van der Waals surface area contributed by atoms with E-state index in [0.29, 0.717) is 16.7 Å². The molecule has 0 bridgehead atoms. The first kappa shape index (κ1) is 9.02.